The number of carboxylic acid groups (broad SMARTS) is 4. The van der Waals surface area contributed by atoms with E-state index in [1.165, 1.54) is 0 Å². The van der Waals surface area contributed by atoms with Crippen LogP contribution in [-0.2, 0) is 19.2 Å². The van der Waals surface area contributed by atoms with Crippen molar-refractivity contribution in [2.45, 2.75) is 3.41 Å². The zero-order valence-electron chi connectivity index (χ0n) is 11.1. The Kier molecular flexibility index (Phi) is 10.6. The number of thioether (sulfide) groups is 4. The Balaban J connectivity index is 4.98. The Labute approximate surface area is 142 Å². The first-order chi connectivity index (χ1) is 10.2. The van der Waals surface area contributed by atoms with E-state index >= 15 is 0 Å². The van der Waals surface area contributed by atoms with Crippen molar-refractivity contribution in [1.82, 2.24) is 0 Å². The topological polar surface area (TPSA) is 149 Å². The van der Waals surface area contributed by atoms with Crippen LogP contribution in [0.25, 0.3) is 0 Å². The molecule has 0 saturated heterocycles. The third-order valence-electron chi connectivity index (χ3n) is 1.75. The molecule has 8 nitrogen and oxygen atoms in total. The Morgan fingerprint density at radius 3 is 1.23 bits per heavy atom. The van der Waals surface area contributed by atoms with Gasteiger partial charge in [-0.2, -0.15) is 0 Å². The lowest BCUT2D eigenvalue weighted by Crippen LogP contribution is -2.26. The van der Waals surface area contributed by atoms with E-state index < -0.39 is 27.3 Å². The van der Waals surface area contributed by atoms with Gasteiger partial charge in [0, 0.05) is 5.75 Å². The van der Waals surface area contributed by atoms with Gasteiger partial charge < -0.3 is 20.4 Å². The molecule has 12 heteroatoms. The van der Waals surface area contributed by atoms with Crippen LogP contribution in [0.4, 0.5) is 0 Å². The summed E-state index contributed by atoms with van der Waals surface area (Å²) in [6.45, 7) is 0. The highest BCUT2D eigenvalue weighted by Gasteiger charge is 2.34. The van der Waals surface area contributed by atoms with Crippen molar-refractivity contribution in [3.8, 4) is 0 Å². The van der Waals surface area contributed by atoms with Crippen LogP contribution in [0.5, 0.6) is 0 Å². The molecule has 22 heavy (non-hydrogen) atoms. The zero-order chi connectivity index (χ0) is 17.2. The lowest BCUT2D eigenvalue weighted by molar-refractivity contribution is -0.135. The van der Waals surface area contributed by atoms with Crippen LogP contribution in [-0.4, -0.2) is 76.5 Å². The van der Waals surface area contributed by atoms with E-state index in [2.05, 4.69) is 0 Å². The third-order valence-corrected chi connectivity index (χ3v) is 8.44. The van der Waals surface area contributed by atoms with Crippen molar-refractivity contribution in [3.05, 3.63) is 0 Å². The first-order valence-corrected chi connectivity index (χ1v) is 9.65. The molecule has 0 amide bonds. The van der Waals surface area contributed by atoms with Gasteiger partial charge in [0.2, 0.25) is 0 Å². The van der Waals surface area contributed by atoms with Crippen molar-refractivity contribution < 1.29 is 39.6 Å². The molecule has 0 aromatic carbocycles. The zero-order valence-corrected chi connectivity index (χ0v) is 14.4. The predicted octanol–water partition coefficient (Wildman–Crippen LogP) is 0.911. The lowest BCUT2D eigenvalue weighted by atomic mass is 10.8. The van der Waals surface area contributed by atoms with Gasteiger partial charge in [0.15, 0.2) is 0 Å². The van der Waals surface area contributed by atoms with Gasteiger partial charge >= 0.3 is 23.9 Å². The Hall–Kier alpha value is -0.720. The van der Waals surface area contributed by atoms with Gasteiger partial charge in [0.25, 0.3) is 0 Å². The molecule has 0 bridgehead atoms. The molecule has 0 aromatic rings. The minimum absolute atomic E-state index is 0.104. The second-order valence-electron chi connectivity index (χ2n) is 3.62. The highest BCUT2D eigenvalue weighted by Crippen LogP contribution is 2.49. The van der Waals surface area contributed by atoms with E-state index in [1.54, 1.807) is 0 Å². The summed E-state index contributed by atoms with van der Waals surface area (Å²) >= 11 is 3.68. The van der Waals surface area contributed by atoms with E-state index in [-0.39, 0.29) is 28.8 Å². The number of aliphatic carboxylic acids is 4. The van der Waals surface area contributed by atoms with E-state index in [1.807, 2.05) is 0 Å². The Morgan fingerprint density at radius 2 is 0.955 bits per heavy atom. The molecule has 0 aliphatic rings. The maximum Gasteiger partial charge on any atom is 0.313 e. The normalized spacial score (nSPS) is 11.1. The summed E-state index contributed by atoms with van der Waals surface area (Å²) < 4.78 is -1.06. The fourth-order valence-corrected chi connectivity index (χ4v) is 6.40. The van der Waals surface area contributed by atoms with Crippen molar-refractivity contribution in [3.63, 3.8) is 0 Å². The average molecular weight is 390 g/mol. The summed E-state index contributed by atoms with van der Waals surface area (Å²) in [5, 5.41) is 35.0. The lowest BCUT2D eigenvalue weighted by Gasteiger charge is -2.30. The first-order valence-electron chi connectivity index (χ1n) is 5.53. The third kappa shape index (κ3) is 10.9. The van der Waals surface area contributed by atoms with Crippen molar-refractivity contribution in [1.29, 1.82) is 0 Å². The van der Waals surface area contributed by atoms with Gasteiger partial charge in [-0.05, 0) is 0 Å². The molecule has 126 valence electrons. The molecule has 0 saturated carbocycles. The highest BCUT2D eigenvalue weighted by atomic mass is 32.3. The van der Waals surface area contributed by atoms with Gasteiger partial charge in [-0.15, -0.1) is 47.0 Å². The molecule has 0 radical (unpaired) electrons. The van der Waals surface area contributed by atoms with E-state index in [4.69, 9.17) is 20.4 Å². The molecule has 0 spiro atoms. The number of hydrogen-bond acceptors (Lipinski definition) is 8. The van der Waals surface area contributed by atoms with E-state index in [9.17, 15) is 19.2 Å². The van der Waals surface area contributed by atoms with Gasteiger partial charge in [-0.3, -0.25) is 19.2 Å². The van der Waals surface area contributed by atoms with Gasteiger partial charge in [0.1, 0.15) is 3.41 Å². The fraction of sp³-hybridized carbons (Fsp3) is 0.600. The standard InChI is InChI=1S/C10H14O8S4/c11-6(12)1-19-5-10(20-2-7(13)14,21-3-8(15)16)22-4-9(17)18/h1-5H2,(H,11,12)(H,13,14)(H,15,16)(H,17,18). The minimum atomic E-state index is -1.12. The van der Waals surface area contributed by atoms with Crippen LogP contribution >= 0.6 is 47.0 Å². The summed E-state index contributed by atoms with van der Waals surface area (Å²) in [7, 11) is 0. The molecule has 4 N–H and O–H groups in total. The molecule has 0 aliphatic carbocycles. The quantitative estimate of drug-likeness (QED) is 0.331. The summed E-state index contributed by atoms with van der Waals surface area (Å²) in [6, 6.07) is 0. The second kappa shape index (κ2) is 10.9. The molecule has 0 fully saturated rings. The molecule has 0 rings (SSSR count). The maximum absolute atomic E-state index is 10.7. The van der Waals surface area contributed by atoms with Crippen LogP contribution in [0.15, 0.2) is 0 Å². The number of carbonyl (C=O) groups is 4. The van der Waals surface area contributed by atoms with Crippen molar-refractivity contribution in [2.24, 2.45) is 0 Å². The average Bonchev–Trinajstić information content (AvgIpc) is 2.39. The van der Waals surface area contributed by atoms with Crippen molar-refractivity contribution >= 4 is 70.9 Å². The summed E-state index contributed by atoms with van der Waals surface area (Å²) in [5.41, 5.74) is 0. The van der Waals surface area contributed by atoms with Gasteiger partial charge in [0.05, 0.1) is 23.0 Å². The van der Waals surface area contributed by atoms with Gasteiger partial charge in [-0.1, -0.05) is 0 Å². The fourth-order valence-electron chi connectivity index (χ4n) is 1.03. The minimum Gasteiger partial charge on any atom is -0.481 e. The monoisotopic (exact) mass is 390 g/mol. The summed E-state index contributed by atoms with van der Waals surface area (Å²) in [4.78, 5) is 42.8. The van der Waals surface area contributed by atoms with Crippen LogP contribution < -0.4 is 0 Å². The van der Waals surface area contributed by atoms with Crippen LogP contribution in [0, 0.1) is 0 Å². The molecule has 0 aliphatic heterocycles. The molecule has 0 atom stereocenters. The van der Waals surface area contributed by atoms with Crippen LogP contribution in [0.2, 0.25) is 0 Å². The number of rotatable bonds is 13. The van der Waals surface area contributed by atoms with Crippen molar-refractivity contribution in [2.75, 3.05) is 28.8 Å². The first kappa shape index (κ1) is 21.3. The highest BCUT2D eigenvalue weighted by molar-refractivity contribution is 8.35. The van der Waals surface area contributed by atoms with Crippen LogP contribution in [0.1, 0.15) is 0 Å². The smallest absolute Gasteiger partial charge is 0.313 e. The largest absolute Gasteiger partial charge is 0.481 e. The SMILES string of the molecule is O=C(O)CSCC(SCC(=O)O)(SCC(=O)O)SCC(=O)O. The van der Waals surface area contributed by atoms with Crippen LogP contribution in [0.3, 0.4) is 0 Å². The molecular weight excluding hydrogens is 376 g/mol. The Morgan fingerprint density at radius 1 is 0.636 bits per heavy atom. The molecular formula is C10H14O8S4. The number of hydrogen-bond donors (Lipinski definition) is 4. The Bertz CT molecular complexity index is 382. The maximum atomic E-state index is 10.7. The summed E-state index contributed by atoms with van der Waals surface area (Å²) in [5.74, 6) is -5.58. The van der Waals surface area contributed by atoms with Gasteiger partial charge in [-0.25, -0.2) is 0 Å². The molecule has 0 heterocycles. The molecule has 0 unspecified atom stereocenters. The summed E-state index contributed by atoms with van der Waals surface area (Å²) in [6.07, 6.45) is 0. The number of carboxylic acids is 4. The van der Waals surface area contributed by atoms with E-state index in [0.29, 0.717) is 0 Å². The predicted molar refractivity (Wildman–Crippen MR) is 88.0 cm³/mol. The molecule has 0 aromatic heterocycles. The second-order valence-corrected chi connectivity index (χ2v) is 9.20. The van der Waals surface area contributed by atoms with E-state index in [0.717, 1.165) is 47.0 Å².